The van der Waals surface area contributed by atoms with Gasteiger partial charge in [-0.15, -0.1) is 0 Å². The number of hydrogen-bond acceptors (Lipinski definition) is 5. The molecule has 0 radical (unpaired) electrons. The molecule has 0 spiro atoms. The molecule has 2 aromatic carbocycles. The van der Waals surface area contributed by atoms with Crippen molar-refractivity contribution in [1.82, 2.24) is 8.96 Å². The van der Waals surface area contributed by atoms with Crippen molar-refractivity contribution < 1.29 is 22.7 Å². The van der Waals surface area contributed by atoms with Gasteiger partial charge >= 0.3 is 5.97 Å². The van der Waals surface area contributed by atoms with Crippen molar-refractivity contribution in [2.24, 2.45) is 0 Å². The summed E-state index contributed by atoms with van der Waals surface area (Å²) in [5.74, 6) is -1.25. The van der Waals surface area contributed by atoms with E-state index in [2.05, 4.69) is 10.3 Å². The van der Waals surface area contributed by atoms with E-state index in [1.807, 2.05) is 30.3 Å². The van der Waals surface area contributed by atoms with E-state index >= 15 is 0 Å². The van der Waals surface area contributed by atoms with Gasteiger partial charge in [-0.1, -0.05) is 18.2 Å². The summed E-state index contributed by atoms with van der Waals surface area (Å²) in [6, 6.07) is 15.9. The minimum atomic E-state index is -4.10. The predicted molar refractivity (Wildman–Crippen MR) is 115 cm³/mol. The molecule has 4 rings (SSSR count). The monoisotopic (exact) mass is 439 g/mol. The topological polar surface area (TPSA) is 101 Å². The Morgan fingerprint density at radius 3 is 2.52 bits per heavy atom. The largest absolute Gasteiger partial charge is 0.481 e. The third-order valence-corrected chi connectivity index (χ3v) is 6.68. The summed E-state index contributed by atoms with van der Waals surface area (Å²) in [7, 11) is -4.10. The van der Waals surface area contributed by atoms with E-state index in [9.17, 15) is 22.7 Å². The Morgan fingerprint density at radius 1 is 1.13 bits per heavy atom. The second-order valence-corrected chi connectivity index (χ2v) is 8.72. The lowest BCUT2D eigenvalue weighted by Gasteiger charge is -2.11. The summed E-state index contributed by atoms with van der Waals surface area (Å²) < 4.78 is 41.6. The Hall–Kier alpha value is -3.72. The molecule has 0 bridgehead atoms. The predicted octanol–water partition coefficient (Wildman–Crippen LogP) is 4.09. The first kappa shape index (κ1) is 20.5. The zero-order chi connectivity index (χ0) is 22.2. The van der Waals surface area contributed by atoms with Crippen LogP contribution in [-0.2, 0) is 21.2 Å². The number of benzene rings is 2. The van der Waals surface area contributed by atoms with Crippen LogP contribution in [-0.4, -0.2) is 28.5 Å². The Bertz CT molecular complexity index is 1380. The Balaban J connectivity index is 1.78. The molecule has 2 aromatic heterocycles. The highest BCUT2D eigenvalue weighted by atomic mass is 32.2. The molecular formula is C22H18FN3O4S. The third-order valence-electron chi connectivity index (χ3n) is 4.89. The fraction of sp³-hybridized carbons (Fsp3) is 0.0909. The summed E-state index contributed by atoms with van der Waals surface area (Å²) in [6.07, 6.45) is 0.804. The van der Waals surface area contributed by atoms with Crippen molar-refractivity contribution in [3.05, 3.63) is 83.9 Å². The molecule has 0 fully saturated rings. The summed E-state index contributed by atoms with van der Waals surface area (Å²) in [6.45, 7) is 1.51. The number of para-hydroxylation sites is 1. The van der Waals surface area contributed by atoms with Crippen molar-refractivity contribution in [2.45, 2.75) is 18.2 Å². The molecule has 0 saturated heterocycles. The summed E-state index contributed by atoms with van der Waals surface area (Å²) >= 11 is 0. The highest BCUT2D eigenvalue weighted by Gasteiger charge is 2.26. The van der Waals surface area contributed by atoms with Crippen LogP contribution in [0.5, 0.6) is 0 Å². The molecule has 0 unspecified atom stereocenters. The number of halogens is 1. The molecular weight excluding hydrogens is 421 g/mol. The van der Waals surface area contributed by atoms with Crippen LogP contribution in [0, 0.1) is 12.7 Å². The van der Waals surface area contributed by atoms with Crippen LogP contribution >= 0.6 is 0 Å². The van der Waals surface area contributed by atoms with Crippen molar-refractivity contribution >= 4 is 38.4 Å². The van der Waals surface area contributed by atoms with Crippen LogP contribution in [0.15, 0.2) is 71.8 Å². The molecule has 4 aromatic rings. The number of fused-ring (bicyclic) bond motifs is 1. The van der Waals surface area contributed by atoms with Crippen molar-refractivity contribution in [3.8, 4) is 0 Å². The standard InChI is InChI=1S/C22H18FN3O4S/c1-14-18(12-22(27)28)19-11-15(23)7-9-20(19)26(14)31(29,30)17-8-10-21(24-13-17)25-16-5-3-2-4-6-16/h2-11,13H,12H2,1H3,(H,24,25)(H,27,28). The van der Waals surface area contributed by atoms with Crippen LogP contribution in [0.25, 0.3) is 10.9 Å². The van der Waals surface area contributed by atoms with E-state index in [-0.39, 0.29) is 27.1 Å². The molecule has 9 heteroatoms. The number of carboxylic acid groups (broad SMARTS) is 1. The second kappa shape index (κ2) is 7.84. The summed E-state index contributed by atoms with van der Waals surface area (Å²) in [4.78, 5) is 15.4. The molecule has 2 N–H and O–H groups in total. The minimum Gasteiger partial charge on any atom is -0.481 e. The number of hydrogen-bond donors (Lipinski definition) is 2. The highest BCUT2D eigenvalue weighted by Crippen LogP contribution is 2.31. The molecule has 0 aliphatic heterocycles. The van der Waals surface area contributed by atoms with Crippen LogP contribution in [0.1, 0.15) is 11.3 Å². The molecule has 0 aliphatic carbocycles. The third kappa shape index (κ3) is 3.87. The van der Waals surface area contributed by atoms with Gasteiger partial charge in [-0.3, -0.25) is 4.79 Å². The fourth-order valence-electron chi connectivity index (χ4n) is 3.49. The number of anilines is 2. The van der Waals surface area contributed by atoms with Crippen LogP contribution < -0.4 is 5.32 Å². The second-order valence-electron chi connectivity index (χ2n) is 6.94. The van der Waals surface area contributed by atoms with Crippen LogP contribution in [0.4, 0.5) is 15.9 Å². The molecule has 0 aliphatic rings. The lowest BCUT2D eigenvalue weighted by Crippen LogP contribution is -2.15. The number of aliphatic carboxylic acids is 1. The maximum Gasteiger partial charge on any atom is 0.307 e. The number of carboxylic acids is 1. The lowest BCUT2D eigenvalue weighted by molar-refractivity contribution is -0.136. The van der Waals surface area contributed by atoms with Gasteiger partial charge in [0.15, 0.2) is 0 Å². The van der Waals surface area contributed by atoms with E-state index in [1.54, 1.807) is 6.07 Å². The Kier molecular flexibility index (Phi) is 5.20. The molecule has 0 amide bonds. The molecule has 0 atom stereocenters. The maximum atomic E-state index is 13.8. The highest BCUT2D eigenvalue weighted by molar-refractivity contribution is 7.90. The average Bonchev–Trinajstić information content (AvgIpc) is 3.00. The van der Waals surface area contributed by atoms with Crippen LogP contribution in [0.2, 0.25) is 0 Å². The quantitative estimate of drug-likeness (QED) is 0.469. The fourth-order valence-corrected chi connectivity index (χ4v) is 5.02. The zero-order valence-corrected chi connectivity index (χ0v) is 17.2. The molecule has 2 heterocycles. The van der Waals surface area contributed by atoms with Gasteiger partial charge < -0.3 is 10.4 Å². The number of aromatic nitrogens is 2. The van der Waals surface area contributed by atoms with E-state index < -0.39 is 28.2 Å². The first-order valence-electron chi connectivity index (χ1n) is 9.32. The first-order chi connectivity index (χ1) is 14.8. The summed E-state index contributed by atoms with van der Waals surface area (Å²) in [5, 5.41) is 12.6. The van der Waals surface area contributed by atoms with Gasteiger partial charge in [0, 0.05) is 23.0 Å². The lowest BCUT2D eigenvalue weighted by atomic mass is 10.1. The molecule has 158 valence electrons. The minimum absolute atomic E-state index is 0.0719. The van der Waals surface area contributed by atoms with Crippen LogP contribution in [0.3, 0.4) is 0 Å². The van der Waals surface area contributed by atoms with Gasteiger partial charge in [-0.25, -0.2) is 21.8 Å². The van der Waals surface area contributed by atoms with E-state index in [1.165, 1.54) is 25.3 Å². The van der Waals surface area contributed by atoms with Crippen molar-refractivity contribution in [1.29, 1.82) is 0 Å². The van der Waals surface area contributed by atoms with Gasteiger partial charge in [0.1, 0.15) is 16.5 Å². The van der Waals surface area contributed by atoms with Gasteiger partial charge in [0.05, 0.1) is 11.9 Å². The first-order valence-corrected chi connectivity index (χ1v) is 10.8. The van der Waals surface area contributed by atoms with Crippen molar-refractivity contribution in [2.75, 3.05) is 5.32 Å². The SMILES string of the molecule is Cc1c(CC(=O)O)c2cc(F)ccc2n1S(=O)(=O)c1ccc(Nc2ccccc2)nc1. The Morgan fingerprint density at radius 2 is 1.87 bits per heavy atom. The zero-order valence-electron chi connectivity index (χ0n) is 16.4. The van der Waals surface area contributed by atoms with E-state index in [0.29, 0.717) is 5.82 Å². The normalized spacial score (nSPS) is 11.5. The van der Waals surface area contributed by atoms with E-state index in [4.69, 9.17) is 0 Å². The van der Waals surface area contributed by atoms with Gasteiger partial charge in [0.2, 0.25) is 0 Å². The number of pyridine rings is 1. The average molecular weight is 439 g/mol. The molecule has 31 heavy (non-hydrogen) atoms. The number of rotatable bonds is 6. The molecule has 7 nitrogen and oxygen atoms in total. The number of carbonyl (C=O) groups is 1. The number of nitrogens with zero attached hydrogens (tertiary/aromatic N) is 2. The van der Waals surface area contributed by atoms with Gasteiger partial charge in [0.25, 0.3) is 10.0 Å². The smallest absolute Gasteiger partial charge is 0.307 e. The molecule has 0 saturated carbocycles. The summed E-state index contributed by atoms with van der Waals surface area (Å²) in [5.41, 5.74) is 1.48. The maximum absolute atomic E-state index is 13.8. The van der Waals surface area contributed by atoms with Gasteiger partial charge in [-0.2, -0.15) is 0 Å². The number of nitrogens with one attached hydrogen (secondary N) is 1. The Labute approximate surface area is 177 Å². The van der Waals surface area contributed by atoms with E-state index in [0.717, 1.165) is 21.8 Å². The van der Waals surface area contributed by atoms with Gasteiger partial charge in [-0.05, 0) is 55.0 Å². The van der Waals surface area contributed by atoms with Crippen molar-refractivity contribution in [3.63, 3.8) is 0 Å².